The zero-order valence-corrected chi connectivity index (χ0v) is 14.6. The van der Waals surface area contributed by atoms with Crippen molar-refractivity contribution in [1.29, 1.82) is 0 Å². The molecule has 3 rings (SSSR count). The first-order chi connectivity index (χ1) is 11.1. The Balaban J connectivity index is 0.00000208. The van der Waals surface area contributed by atoms with Crippen LogP contribution in [0, 0.1) is 0 Å². The summed E-state index contributed by atoms with van der Waals surface area (Å²) in [6, 6.07) is 7.52. The van der Waals surface area contributed by atoms with Crippen molar-refractivity contribution in [1.82, 2.24) is 25.2 Å². The third-order valence-corrected chi connectivity index (χ3v) is 4.52. The first-order valence-electron chi connectivity index (χ1n) is 7.93. The lowest BCUT2D eigenvalue weighted by molar-refractivity contribution is -0.135. The van der Waals surface area contributed by atoms with E-state index in [0.717, 1.165) is 6.54 Å². The number of rotatable bonds is 3. The molecule has 1 fully saturated rings. The molecule has 1 aromatic heterocycles. The molecule has 0 saturated carbocycles. The Morgan fingerprint density at radius 2 is 2.08 bits per heavy atom. The minimum Gasteiger partial charge on any atom is -0.337 e. The van der Waals surface area contributed by atoms with Gasteiger partial charge in [0.05, 0.1) is 11.9 Å². The third-order valence-electron chi connectivity index (χ3n) is 4.52. The Morgan fingerprint density at radius 3 is 2.88 bits per heavy atom. The van der Waals surface area contributed by atoms with E-state index in [-0.39, 0.29) is 48.9 Å². The van der Waals surface area contributed by atoms with Gasteiger partial charge in [0.25, 0.3) is 5.56 Å². The molecular weight excluding hydrogens is 330 g/mol. The van der Waals surface area contributed by atoms with Crippen LogP contribution in [0.3, 0.4) is 0 Å². The quantitative estimate of drug-likeness (QED) is 0.885. The number of nitrogens with one attached hydrogen (secondary N) is 1. The van der Waals surface area contributed by atoms with Gasteiger partial charge in [0.1, 0.15) is 5.52 Å². The molecule has 2 unspecified atom stereocenters. The highest BCUT2D eigenvalue weighted by molar-refractivity contribution is 5.85. The van der Waals surface area contributed by atoms with E-state index >= 15 is 0 Å². The number of amides is 1. The molecule has 0 aliphatic carbocycles. The third kappa shape index (κ3) is 3.57. The van der Waals surface area contributed by atoms with Gasteiger partial charge in [-0.15, -0.1) is 17.5 Å². The van der Waals surface area contributed by atoms with Crippen LogP contribution in [-0.4, -0.2) is 51.0 Å². The Hall–Kier alpha value is -1.99. The van der Waals surface area contributed by atoms with Gasteiger partial charge in [0.2, 0.25) is 5.91 Å². The van der Waals surface area contributed by atoms with Gasteiger partial charge in [0.15, 0.2) is 0 Å². The maximum Gasteiger partial charge on any atom is 0.277 e. The second kappa shape index (κ2) is 7.72. The fourth-order valence-electron chi connectivity index (χ4n) is 2.92. The monoisotopic (exact) mass is 351 g/mol. The maximum absolute atomic E-state index is 12.4. The first kappa shape index (κ1) is 18.4. The number of hydrogen-bond acceptors (Lipinski definition) is 5. The Morgan fingerprint density at radius 1 is 1.33 bits per heavy atom. The molecule has 1 amide bonds. The summed E-state index contributed by atoms with van der Waals surface area (Å²) in [4.78, 5) is 26.7. The summed E-state index contributed by atoms with van der Waals surface area (Å²) in [6.45, 7) is 5.86. The van der Waals surface area contributed by atoms with Crippen molar-refractivity contribution in [3.05, 3.63) is 34.6 Å². The van der Waals surface area contributed by atoms with Gasteiger partial charge in [-0.3, -0.25) is 9.59 Å². The van der Waals surface area contributed by atoms with Crippen LogP contribution in [0.15, 0.2) is 29.1 Å². The number of carbonyl (C=O) groups excluding carboxylic acids is 1. The molecule has 2 atom stereocenters. The van der Waals surface area contributed by atoms with Crippen LogP contribution >= 0.6 is 12.4 Å². The van der Waals surface area contributed by atoms with E-state index < -0.39 is 0 Å². The van der Waals surface area contributed by atoms with Crippen LogP contribution < -0.4 is 10.9 Å². The number of fused-ring (bicyclic) bond motifs is 1. The van der Waals surface area contributed by atoms with Gasteiger partial charge in [-0.25, -0.2) is 4.68 Å². The van der Waals surface area contributed by atoms with Crippen molar-refractivity contribution in [2.45, 2.75) is 38.9 Å². The first-order valence-corrected chi connectivity index (χ1v) is 7.93. The van der Waals surface area contributed by atoms with Gasteiger partial charge in [-0.2, -0.15) is 0 Å². The molecule has 1 aromatic carbocycles. The highest BCUT2D eigenvalue weighted by Gasteiger charge is 2.27. The Bertz CT molecular complexity index is 778. The summed E-state index contributed by atoms with van der Waals surface area (Å²) in [5, 5.41) is 11.8. The largest absolute Gasteiger partial charge is 0.337 e. The van der Waals surface area contributed by atoms with E-state index in [2.05, 4.69) is 22.6 Å². The Labute approximate surface area is 146 Å². The molecule has 2 heterocycles. The molecule has 2 aromatic rings. The molecule has 8 heteroatoms. The number of hydrogen-bond donors (Lipinski definition) is 1. The average Bonchev–Trinajstić information content (AvgIpc) is 2.57. The standard InChI is InChI=1S/C16H21N5O2.ClH/c1-11-12(2)20(10-8-17-11)15(22)7-9-21-16(23)13-5-3-4-6-14(13)18-19-21;/h3-6,11-12,17H,7-10H2,1-2H3;1H. The van der Waals surface area contributed by atoms with E-state index in [1.54, 1.807) is 18.2 Å². The van der Waals surface area contributed by atoms with E-state index in [0.29, 0.717) is 17.4 Å². The number of nitrogens with zero attached hydrogens (tertiary/aromatic N) is 4. The topological polar surface area (TPSA) is 80.1 Å². The summed E-state index contributed by atoms with van der Waals surface area (Å²) < 4.78 is 1.27. The number of aryl methyl sites for hydroxylation is 1. The molecule has 0 bridgehead atoms. The van der Waals surface area contributed by atoms with Gasteiger partial charge in [-0.05, 0) is 26.0 Å². The Kier molecular flexibility index (Phi) is 5.90. The van der Waals surface area contributed by atoms with E-state index in [9.17, 15) is 9.59 Å². The summed E-state index contributed by atoms with van der Waals surface area (Å²) in [7, 11) is 0. The highest BCUT2D eigenvalue weighted by atomic mass is 35.5. The van der Waals surface area contributed by atoms with Crippen LogP contribution in [0.25, 0.3) is 10.9 Å². The molecule has 0 radical (unpaired) electrons. The van der Waals surface area contributed by atoms with Gasteiger partial charge >= 0.3 is 0 Å². The van der Waals surface area contributed by atoms with Gasteiger partial charge in [0, 0.05) is 31.6 Å². The second-order valence-corrected chi connectivity index (χ2v) is 5.96. The maximum atomic E-state index is 12.4. The fourth-order valence-corrected chi connectivity index (χ4v) is 2.92. The number of carbonyl (C=O) groups is 1. The lowest BCUT2D eigenvalue weighted by Crippen LogP contribution is -2.57. The van der Waals surface area contributed by atoms with Gasteiger partial charge in [-0.1, -0.05) is 17.3 Å². The van der Waals surface area contributed by atoms with E-state index in [1.165, 1.54) is 4.68 Å². The summed E-state index contributed by atoms with van der Waals surface area (Å²) in [5.41, 5.74) is 0.370. The summed E-state index contributed by atoms with van der Waals surface area (Å²) in [6.07, 6.45) is 0.254. The molecule has 1 saturated heterocycles. The average molecular weight is 352 g/mol. The smallest absolute Gasteiger partial charge is 0.277 e. The molecule has 24 heavy (non-hydrogen) atoms. The number of aromatic nitrogens is 3. The predicted molar refractivity (Wildman–Crippen MR) is 94.3 cm³/mol. The van der Waals surface area contributed by atoms with Crippen LogP contribution in [0.1, 0.15) is 20.3 Å². The van der Waals surface area contributed by atoms with Crippen molar-refractivity contribution in [3.8, 4) is 0 Å². The molecule has 7 nitrogen and oxygen atoms in total. The van der Waals surface area contributed by atoms with Crippen LogP contribution in [0.4, 0.5) is 0 Å². The van der Waals surface area contributed by atoms with Crippen molar-refractivity contribution < 1.29 is 4.79 Å². The number of halogens is 1. The van der Waals surface area contributed by atoms with Crippen molar-refractivity contribution in [2.24, 2.45) is 0 Å². The van der Waals surface area contributed by atoms with Crippen LogP contribution in [-0.2, 0) is 11.3 Å². The van der Waals surface area contributed by atoms with Crippen LogP contribution in [0.2, 0.25) is 0 Å². The second-order valence-electron chi connectivity index (χ2n) is 5.96. The van der Waals surface area contributed by atoms with Crippen molar-refractivity contribution in [2.75, 3.05) is 13.1 Å². The van der Waals surface area contributed by atoms with Gasteiger partial charge < -0.3 is 10.2 Å². The summed E-state index contributed by atoms with van der Waals surface area (Å²) in [5.74, 6) is 0.0488. The molecule has 1 N–H and O–H groups in total. The SMILES string of the molecule is CC1NCCN(C(=O)CCn2nnc3ccccc3c2=O)C1C.Cl. The molecule has 0 spiro atoms. The lowest BCUT2D eigenvalue weighted by atomic mass is 10.1. The predicted octanol–water partition coefficient (Wildman–Crippen LogP) is 0.812. The number of benzene rings is 1. The zero-order valence-electron chi connectivity index (χ0n) is 13.8. The lowest BCUT2D eigenvalue weighted by Gasteiger charge is -2.38. The number of piperazine rings is 1. The molecule has 130 valence electrons. The molecule has 1 aliphatic heterocycles. The van der Waals surface area contributed by atoms with E-state index in [4.69, 9.17) is 0 Å². The normalized spacial score (nSPS) is 20.7. The zero-order chi connectivity index (χ0) is 16.4. The highest BCUT2D eigenvalue weighted by Crippen LogP contribution is 2.11. The molecule has 1 aliphatic rings. The van der Waals surface area contributed by atoms with Crippen LogP contribution in [0.5, 0.6) is 0 Å². The fraction of sp³-hybridized carbons (Fsp3) is 0.500. The minimum atomic E-state index is -0.204. The van der Waals surface area contributed by atoms with E-state index in [1.807, 2.05) is 17.9 Å². The summed E-state index contributed by atoms with van der Waals surface area (Å²) >= 11 is 0. The molecular formula is C16H22ClN5O2. The minimum absolute atomic E-state index is 0. The van der Waals surface area contributed by atoms with Crippen molar-refractivity contribution >= 4 is 29.2 Å². The van der Waals surface area contributed by atoms with Crippen molar-refractivity contribution in [3.63, 3.8) is 0 Å².